The number of hydrogen-bond acceptors (Lipinski definition) is 6. The highest BCUT2D eigenvalue weighted by molar-refractivity contribution is 7.15. The van der Waals surface area contributed by atoms with E-state index in [-0.39, 0.29) is 11.9 Å². The van der Waals surface area contributed by atoms with Gasteiger partial charge >= 0.3 is 0 Å². The number of carbonyl (C=O) groups is 1. The standard InChI is InChI=1S/C26H35N5O2S/c1-18(2)31-25-22(17-27-31)21(16-23(28-25)24-5-4-19(3)34-24)26(32)30-10-7-20(8-11-30)6-9-29-12-14-33-15-13-29/h4-5,16-18,20H,6-15H2,1-3H3. The number of likely N-dealkylation sites (tertiary alicyclic amines) is 1. The first-order chi connectivity index (χ1) is 16.5. The summed E-state index contributed by atoms with van der Waals surface area (Å²) in [5.74, 6) is 0.801. The van der Waals surface area contributed by atoms with Crippen molar-refractivity contribution in [1.29, 1.82) is 0 Å². The van der Waals surface area contributed by atoms with Crippen molar-refractivity contribution in [2.24, 2.45) is 5.92 Å². The average molecular weight is 482 g/mol. The van der Waals surface area contributed by atoms with E-state index in [2.05, 4.69) is 42.9 Å². The summed E-state index contributed by atoms with van der Waals surface area (Å²) >= 11 is 1.71. The molecule has 2 aliphatic heterocycles. The van der Waals surface area contributed by atoms with E-state index in [0.29, 0.717) is 5.92 Å². The molecule has 0 aromatic carbocycles. The Labute approximate surface area is 205 Å². The van der Waals surface area contributed by atoms with Gasteiger partial charge in [-0.2, -0.15) is 5.10 Å². The van der Waals surface area contributed by atoms with Gasteiger partial charge in [-0.25, -0.2) is 9.67 Å². The maximum absolute atomic E-state index is 13.7. The molecule has 2 aliphatic rings. The smallest absolute Gasteiger partial charge is 0.254 e. The van der Waals surface area contributed by atoms with Crippen LogP contribution in [0.15, 0.2) is 24.4 Å². The van der Waals surface area contributed by atoms with Crippen LogP contribution in [0.4, 0.5) is 0 Å². The lowest BCUT2D eigenvalue weighted by Gasteiger charge is -2.34. The second-order valence-electron chi connectivity index (χ2n) is 9.86. The molecule has 3 aromatic heterocycles. The molecule has 0 saturated carbocycles. The monoisotopic (exact) mass is 481 g/mol. The fourth-order valence-corrected chi connectivity index (χ4v) is 5.88. The van der Waals surface area contributed by atoms with Gasteiger partial charge in [0, 0.05) is 37.1 Å². The highest BCUT2D eigenvalue weighted by Gasteiger charge is 2.27. The number of carbonyl (C=O) groups excluding carboxylic acids is 1. The number of morpholine rings is 1. The average Bonchev–Trinajstić information content (AvgIpc) is 3.49. The molecule has 8 heteroatoms. The first-order valence-electron chi connectivity index (χ1n) is 12.5. The number of ether oxygens (including phenoxy) is 1. The van der Waals surface area contributed by atoms with Crippen molar-refractivity contribution >= 4 is 28.3 Å². The maximum Gasteiger partial charge on any atom is 0.254 e. The van der Waals surface area contributed by atoms with Crippen LogP contribution in [-0.2, 0) is 4.74 Å². The van der Waals surface area contributed by atoms with Gasteiger partial charge in [0.05, 0.1) is 40.9 Å². The minimum Gasteiger partial charge on any atom is -0.379 e. The number of piperidine rings is 1. The van der Waals surface area contributed by atoms with Crippen molar-refractivity contribution in [2.45, 2.75) is 46.1 Å². The minimum absolute atomic E-state index is 0.108. The van der Waals surface area contributed by atoms with Crippen molar-refractivity contribution in [3.05, 3.63) is 34.8 Å². The van der Waals surface area contributed by atoms with Crippen molar-refractivity contribution in [3.8, 4) is 10.6 Å². The van der Waals surface area contributed by atoms with Crippen molar-refractivity contribution in [2.75, 3.05) is 45.9 Å². The van der Waals surface area contributed by atoms with E-state index in [0.717, 1.165) is 85.9 Å². The Morgan fingerprint density at radius 2 is 1.94 bits per heavy atom. The third kappa shape index (κ3) is 4.90. The maximum atomic E-state index is 13.7. The molecule has 5 heterocycles. The molecule has 0 bridgehead atoms. The van der Waals surface area contributed by atoms with Crippen molar-refractivity contribution in [3.63, 3.8) is 0 Å². The topological polar surface area (TPSA) is 63.5 Å². The van der Waals surface area contributed by atoms with Gasteiger partial charge in [0.15, 0.2) is 5.65 Å². The largest absolute Gasteiger partial charge is 0.379 e. The Hall–Kier alpha value is -2.29. The van der Waals surface area contributed by atoms with E-state index in [1.165, 1.54) is 11.3 Å². The first-order valence-corrected chi connectivity index (χ1v) is 13.4. The van der Waals surface area contributed by atoms with Gasteiger partial charge in [0.1, 0.15) is 0 Å². The molecule has 0 radical (unpaired) electrons. The number of aryl methyl sites for hydroxylation is 1. The molecule has 3 aromatic rings. The molecule has 182 valence electrons. The molecule has 0 atom stereocenters. The van der Waals surface area contributed by atoms with Crippen molar-refractivity contribution in [1.82, 2.24) is 24.6 Å². The van der Waals surface area contributed by atoms with Gasteiger partial charge in [-0.1, -0.05) is 0 Å². The second-order valence-corrected chi connectivity index (χ2v) is 11.2. The number of hydrogen-bond donors (Lipinski definition) is 0. The highest BCUT2D eigenvalue weighted by Crippen LogP contribution is 2.32. The van der Waals surface area contributed by atoms with Gasteiger partial charge in [-0.15, -0.1) is 11.3 Å². The molecule has 0 N–H and O–H groups in total. The minimum atomic E-state index is 0.108. The van der Waals surface area contributed by atoms with Gasteiger partial charge in [0.2, 0.25) is 0 Å². The van der Waals surface area contributed by atoms with E-state index < -0.39 is 0 Å². The van der Waals surface area contributed by atoms with Crippen LogP contribution >= 0.6 is 11.3 Å². The van der Waals surface area contributed by atoms with E-state index in [4.69, 9.17) is 9.72 Å². The number of fused-ring (bicyclic) bond motifs is 1. The predicted octanol–water partition coefficient (Wildman–Crippen LogP) is 4.62. The van der Waals surface area contributed by atoms with Gasteiger partial charge in [0.25, 0.3) is 5.91 Å². The summed E-state index contributed by atoms with van der Waals surface area (Å²) in [6.07, 6.45) is 5.18. The summed E-state index contributed by atoms with van der Waals surface area (Å²) in [6.45, 7) is 12.9. The third-order valence-corrected chi connectivity index (χ3v) is 8.16. The summed E-state index contributed by atoms with van der Waals surface area (Å²) < 4.78 is 7.39. The van der Waals surface area contributed by atoms with Crippen LogP contribution in [0.3, 0.4) is 0 Å². The van der Waals surface area contributed by atoms with E-state index in [9.17, 15) is 4.79 Å². The summed E-state index contributed by atoms with van der Waals surface area (Å²) in [4.78, 5) is 25.5. The molecule has 5 rings (SSSR count). The molecule has 0 spiro atoms. The molecular weight excluding hydrogens is 446 g/mol. The Morgan fingerprint density at radius 1 is 1.18 bits per heavy atom. The zero-order chi connectivity index (χ0) is 23.7. The zero-order valence-corrected chi connectivity index (χ0v) is 21.3. The summed E-state index contributed by atoms with van der Waals surface area (Å²) in [5, 5.41) is 5.43. The number of pyridine rings is 1. The van der Waals surface area contributed by atoms with Crippen LogP contribution in [0, 0.1) is 12.8 Å². The lowest BCUT2D eigenvalue weighted by Crippen LogP contribution is -2.41. The fourth-order valence-electron chi connectivity index (χ4n) is 5.06. The van der Waals surface area contributed by atoms with Gasteiger partial charge in [-0.05, 0) is 70.7 Å². The van der Waals surface area contributed by atoms with Crippen LogP contribution in [0.2, 0.25) is 0 Å². The summed E-state index contributed by atoms with van der Waals surface area (Å²) in [5.41, 5.74) is 2.38. The van der Waals surface area contributed by atoms with Gasteiger partial charge < -0.3 is 9.64 Å². The van der Waals surface area contributed by atoms with Crippen LogP contribution in [0.25, 0.3) is 21.6 Å². The number of aromatic nitrogens is 3. The second kappa shape index (κ2) is 10.1. The van der Waals surface area contributed by atoms with E-state index >= 15 is 0 Å². The van der Waals surface area contributed by atoms with E-state index in [1.807, 2.05) is 21.8 Å². The summed E-state index contributed by atoms with van der Waals surface area (Å²) in [6, 6.07) is 6.36. The molecule has 1 amide bonds. The molecule has 2 fully saturated rings. The Kier molecular flexibility index (Phi) is 6.99. The number of thiophene rings is 1. The Morgan fingerprint density at radius 3 is 2.62 bits per heavy atom. The quantitative estimate of drug-likeness (QED) is 0.514. The normalized spacial score (nSPS) is 18.3. The molecular formula is C26H35N5O2S. The first kappa shape index (κ1) is 23.5. The lowest BCUT2D eigenvalue weighted by atomic mass is 9.92. The fraction of sp³-hybridized carbons (Fsp3) is 0.577. The lowest BCUT2D eigenvalue weighted by molar-refractivity contribution is 0.0332. The molecule has 2 saturated heterocycles. The van der Waals surface area contributed by atoms with E-state index in [1.54, 1.807) is 11.3 Å². The Balaban J connectivity index is 1.33. The van der Waals surface area contributed by atoms with Crippen LogP contribution < -0.4 is 0 Å². The molecule has 0 unspecified atom stereocenters. The SMILES string of the molecule is Cc1ccc(-c2cc(C(=O)N3CCC(CCN4CCOCC4)CC3)c3cnn(C(C)C)c3n2)s1. The molecule has 7 nitrogen and oxygen atoms in total. The molecule has 0 aliphatic carbocycles. The summed E-state index contributed by atoms with van der Waals surface area (Å²) in [7, 11) is 0. The Bertz CT molecular complexity index is 1140. The van der Waals surface area contributed by atoms with Crippen LogP contribution in [0.1, 0.15) is 54.4 Å². The number of rotatable bonds is 6. The van der Waals surface area contributed by atoms with Crippen molar-refractivity contribution < 1.29 is 9.53 Å². The predicted molar refractivity (Wildman–Crippen MR) is 136 cm³/mol. The highest BCUT2D eigenvalue weighted by atomic mass is 32.1. The van der Waals surface area contributed by atoms with Gasteiger partial charge in [-0.3, -0.25) is 9.69 Å². The molecule has 34 heavy (non-hydrogen) atoms. The van der Waals surface area contributed by atoms with Crippen LogP contribution in [-0.4, -0.2) is 76.4 Å². The zero-order valence-electron chi connectivity index (χ0n) is 20.5. The van der Waals surface area contributed by atoms with Crippen LogP contribution in [0.5, 0.6) is 0 Å². The number of nitrogens with zero attached hydrogens (tertiary/aromatic N) is 5. The third-order valence-electron chi connectivity index (χ3n) is 7.14. The number of amides is 1.